The summed E-state index contributed by atoms with van der Waals surface area (Å²) < 4.78 is 21.0. The van der Waals surface area contributed by atoms with Gasteiger partial charge in [-0.3, -0.25) is 4.79 Å². The minimum Gasteiger partial charge on any atom is -0.423 e. The SMILES string of the molecule is CCCCc1nn(-c2cccc3c2COB3O)c(=O)c2c(F)cccc12. The van der Waals surface area contributed by atoms with Gasteiger partial charge in [0.15, 0.2) is 0 Å². The molecule has 0 fully saturated rings. The van der Waals surface area contributed by atoms with Crippen LogP contribution < -0.4 is 11.0 Å². The highest BCUT2D eigenvalue weighted by atomic mass is 19.1. The van der Waals surface area contributed by atoms with E-state index in [1.807, 2.05) is 0 Å². The molecular weight excluding hydrogens is 334 g/mol. The molecule has 0 saturated carbocycles. The Morgan fingerprint density at radius 3 is 2.92 bits per heavy atom. The normalized spacial score (nSPS) is 13.4. The van der Waals surface area contributed by atoms with Crippen LogP contribution in [0.2, 0.25) is 0 Å². The summed E-state index contributed by atoms with van der Waals surface area (Å²) in [6.45, 7) is 2.25. The summed E-state index contributed by atoms with van der Waals surface area (Å²) in [6, 6.07) is 9.86. The third kappa shape index (κ3) is 2.64. The highest BCUT2D eigenvalue weighted by Gasteiger charge is 2.30. The number of hydrogen-bond donors (Lipinski definition) is 1. The molecule has 0 radical (unpaired) electrons. The van der Waals surface area contributed by atoms with Gasteiger partial charge in [0.2, 0.25) is 0 Å². The van der Waals surface area contributed by atoms with Gasteiger partial charge in [0.05, 0.1) is 23.4 Å². The Morgan fingerprint density at radius 2 is 2.12 bits per heavy atom. The first-order valence-corrected chi connectivity index (χ1v) is 8.74. The van der Waals surface area contributed by atoms with E-state index in [0.29, 0.717) is 34.2 Å². The number of aromatic nitrogens is 2. The molecule has 0 amide bonds. The fraction of sp³-hybridized carbons (Fsp3) is 0.263. The minimum atomic E-state index is -1.02. The van der Waals surface area contributed by atoms with Gasteiger partial charge in [0.1, 0.15) is 5.82 Å². The standard InChI is InChI=1S/C19H18BFN2O3/c1-2-3-9-16-12-6-4-8-15(21)18(12)19(24)23(22-16)17-10-5-7-14-13(17)11-26-20(14)25/h4-8,10,25H,2-3,9,11H2,1H3. The van der Waals surface area contributed by atoms with E-state index in [1.165, 1.54) is 10.7 Å². The van der Waals surface area contributed by atoms with Crippen LogP contribution in [0.3, 0.4) is 0 Å². The van der Waals surface area contributed by atoms with Crippen LogP contribution in [0.4, 0.5) is 4.39 Å². The molecule has 2 heterocycles. The van der Waals surface area contributed by atoms with Gasteiger partial charge in [-0.2, -0.15) is 9.78 Å². The molecule has 1 aromatic heterocycles. The van der Waals surface area contributed by atoms with E-state index in [0.717, 1.165) is 12.8 Å². The lowest BCUT2D eigenvalue weighted by Crippen LogP contribution is -2.30. The van der Waals surface area contributed by atoms with Gasteiger partial charge in [0, 0.05) is 10.9 Å². The number of benzene rings is 2. The molecular formula is C19H18BFN2O3. The maximum atomic E-state index is 14.5. The smallest absolute Gasteiger partial charge is 0.423 e. The summed E-state index contributed by atoms with van der Waals surface area (Å²) in [5.74, 6) is -0.551. The van der Waals surface area contributed by atoms with Crippen molar-refractivity contribution in [1.29, 1.82) is 0 Å². The zero-order chi connectivity index (χ0) is 18.3. The number of halogens is 1. The summed E-state index contributed by atoms with van der Waals surface area (Å²) in [5.41, 5.74) is 2.02. The molecule has 2 aromatic carbocycles. The molecule has 132 valence electrons. The van der Waals surface area contributed by atoms with E-state index in [-0.39, 0.29) is 12.0 Å². The number of hydrogen-bond acceptors (Lipinski definition) is 4. The second-order valence-electron chi connectivity index (χ2n) is 6.44. The molecule has 1 N–H and O–H groups in total. The van der Waals surface area contributed by atoms with Crippen LogP contribution in [-0.2, 0) is 17.7 Å². The van der Waals surface area contributed by atoms with E-state index < -0.39 is 18.5 Å². The van der Waals surface area contributed by atoms with Crippen LogP contribution in [-0.4, -0.2) is 21.9 Å². The average molecular weight is 352 g/mol. The summed E-state index contributed by atoms with van der Waals surface area (Å²) >= 11 is 0. The predicted molar refractivity (Wildman–Crippen MR) is 98.3 cm³/mol. The summed E-state index contributed by atoms with van der Waals surface area (Å²) in [4.78, 5) is 13.0. The Balaban J connectivity index is 2.01. The van der Waals surface area contributed by atoms with Crippen molar-refractivity contribution in [2.24, 2.45) is 0 Å². The van der Waals surface area contributed by atoms with Gasteiger partial charge >= 0.3 is 7.12 Å². The van der Waals surface area contributed by atoms with E-state index >= 15 is 0 Å². The maximum absolute atomic E-state index is 14.5. The van der Waals surface area contributed by atoms with E-state index in [1.54, 1.807) is 30.3 Å². The van der Waals surface area contributed by atoms with Crippen molar-refractivity contribution in [3.63, 3.8) is 0 Å². The zero-order valence-electron chi connectivity index (χ0n) is 14.4. The molecule has 0 atom stereocenters. The maximum Gasteiger partial charge on any atom is 0.491 e. The summed E-state index contributed by atoms with van der Waals surface area (Å²) in [7, 11) is -1.02. The minimum absolute atomic E-state index is 0.0469. The number of unbranched alkanes of at least 4 members (excludes halogenated alkanes) is 1. The van der Waals surface area contributed by atoms with Crippen molar-refractivity contribution < 1.29 is 14.1 Å². The molecule has 0 bridgehead atoms. The molecule has 7 heteroatoms. The van der Waals surface area contributed by atoms with Crippen molar-refractivity contribution in [3.8, 4) is 5.69 Å². The van der Waals surface area contributed by atoms with Crippen LogP contribution in [0.1, 0.15) is 31.0 Å². The Morgan fingerprint density at radius 1 is 1.31 bits per heavy atom. The molecule has 5 nitrogen and oxygen atoms in total. The average Bonchev–Trinajstić information content (AvgIpc) is 3.03. The second kappa shape index (κ2) is 6.66. The monoisotopic (exact) mass is 352 g/mol. The van der Waals surface area contributed by atoms with Crippen LogP contribution in [0, 0.1) is 5.82 Å². The largest absolute Gasteiger partial charge is 0.491 e. The molecule has 0 aliphatic carbocycles. The van der Waals surface area contributed by atoms with Crippen LogP contribution in [0.25, 0.3) is 16.5 Å². The quantitative estimate of drug-likeness (QED) is 0.731. The number of rotatable bonds is 4. The molecule has 0 saturated heterocycles. The number of nitrogens with zero attached hydrogens (tertiary/aromatic N) is 2. The Labute approximate surface area is 150 Å². The highest BCUT2D eigenvalue weighted by molar-refractivity contribution is 6.61. The highest BCUT2D eigenvalue weighted by Crippen LogP contribution is 2.22. The van der Waals surface area contributed by atoms with Crippen LogP contribution in [0.5, 0.6) is 0 Å². The van der Waals surface area contributed by atoms with Crippen molar-refractivity contribution in [2.75, 3.05) is 0 Å². The van der Waals surface area contributed by atoms with Crippen molar-refractivity contribution in [1.82, 2.24) is 9.78 Å². The van der Waals surface area contributed by atoms with Gasteiger partial charge < -0.3 is 9.68 Å². The third-order valence-electron chi connectivity index (χ3n) is 4.79. The van der Waals surface area contributed by atoms with Gasteiger partial charge in [0.25, 0.3) is 5.56 Å². The number of fused-ring (bicyclic) bond motifs is 2. The first kappa shape index (κ1) is 16.9. The molecule has 4 rings (SSSR count). The lowest BCUT2D eigenvalue weighted by atomic mass is 9.79. The zero-order valence-corrected chi connectivity index (χ0v) is 14.4. The summed E-state index contributed by atoms with van der Waals surface area (Å²) in [6.07, 6.45) is 2.52. The predicted octanol–water partition coefficient (Wildman–Crippen LogP) is 2.09. The van der Waals surface area contributed by atoms with Crippen LogP contribution in [0.15, 0.2) is 41.2 Å². The van der Waals surface area contributed by atoms with E-state index in [9.17, 15) is 14.2 Å². The Bertz CT molecular complexity index is 1050. The lowest BCUT2D eigenvalue weighted by molar-refractivity contribution is 0.275. The first-order chi connectivity index (χ1) is 12.6. The van der Waals surface area contributed by atoms with Gasteiger partial charge in [-0.25, -0.2) is 4.39 Å². The third-order valence-corrected chi connectivity index (χ3v) is 4.79. The molecule has 26 heavy (non-hydrogen) atoms. The van der Waals surface area contributed by atoms with Crippen LogP contribution >= 0.6 is 0 Å². The van der Waals surface area contributed by atoms with E-state index in [2.05, 4.69) is 12.0 Å². The number of aryl methyl sites for hydroxylation is 1. The fourth-order valence-electron chi connectivity index (χ4n) is 3.43. The van der Waals surface area contributed by atoms with Gasteiger partial charge in [-0.05, 0) is 30.4 Å². The van der Waals surface area contributed by atoms with Crippen molar-refractivity contribution in [2.45, 2.75) is 32.8 Å². The van der Waals surface area contributed by atoms with E-state index in [4.69, 9.17) is 4.65 Å². The molecule has 0 spiro atoms. The second-order valence-corrected chi connectivity index (χ2v) is 6.44. The molecule has 1 aliphatic heterocycles. The fourth-order valence-corrected chi connectivity index (χ4v) is 3.43. The van der Waals surface area contributed by atoms with Gasteiger partial charge in [-0.15, -0.1) is 0 Å². The summed E-state index contributed by atoms with van der Waals surface area (Å²) in [5, 5.41) is 15.1. The molecule has 3 aromatic rings. The van der Waals surface area contributed by atoms with Crippen molar-refractivity contribution in [3.05, 3.63) is 63.8 Å². The van der Waals surface area contributed by atoms with Gasteiger partial charge in [-0.1, -0.05) is 37.6 Å². The molecule has 1 aliphatic rings. The molecule has 0 unspecified atom stereocenters. The lowest BCUT2D eigenvalue weighted by Gasteiger charge is -2.14. The Kier molecular flexibility index (Phi) is 4.34. The first-order valence-electron chi connectivity index (χ1n) is 8.74. The van der Waals surface area contributed by atoms with Crippen molar-refractivity contribution >= 4 is 23.4 Å². The Hall–Kier alpha value is -2.51. The topological polar surface area (TPSA) is 64.3 Å².